The van der Waals surface area contributed by atoms with Gasteiger partial charge in [0.2, 0.25) is 5.91 Å². The van der Waals surface area contributed by atoms with E-state index >= 15 is 0 Å². The Morgan fingerprint density at radius 1 is 1.30 bits per heavy atom. The zero-order valence-corrected chi connectivity index (χ0v) is 14.1. The van der Waals surface area contributed by atoms with Crippen LogP contribution < -0.4 is 5.32 Å². The highest BCUT2D eigenvalue weighted by atomic mass is 16.2. The van der Waals surface area contributed by atoms with Gasteiger partial charge in [0.05, 0.1) is 0 Å². The van der Waals surface area contributed by atoms with Crippen molar-refractivity contribution in [3.05, 3.63) is 30.1 Å². The van der Waals surface area contributed by atoms with Gasteiger partial charge in [0.1, 0.15) is 6.04 Å². The average Bonchev–Trinajstić information content (AvgIpc) is 2.57. The molecule has 6 heteroatoms. The molecule has 0 spiro atoms. The third-order valence-corrected chi connectivity index (χ3v) is 4.81. The van der Waals surface area contributed by atoms with Crippen molar-refractivity contribution in [3.8, 4) is 0 Å². The summed E-state index contributed by atoms with van der Waals surface area (Å²) >= 11 is 0. The quantitative estimate of drug-likeness (QED) is 0.862. The van der Waals surface area contributed by atoms with Crippen LogP contribution in [0.25, 0.3) is 0 Å². The van der Waals surface area contributed by atoms with E-state index in [4.69, 9.17) is 0 Å². The fraction of sp³-hybridized carbons (Fsp3) is 0.647. The first kappa shape index (κ1) is 16.4. The molecule has 23 heavy (non-hydrogen) atoms. The van der Waals surface area contributed by atoms with Gasteiger partial charge < -0.3 is 15.1 Å². The number of likely N-dealkylation sites (N-methyl/N-ethyl adjacent to an activating group) is 1. The topological polar surface area (TPSA) is 51.7 Å². The van der Waals surface area contributed by atoms with Crippen molar-refractivity contribution in [1.82, 2.24) is 25.0 Å². The largest absolute Gasteiger partial charge is 0.338 e. The summed E-state index contributed by atoms with van der Waals surface area (Å²) in [5.74, 6) is 0.222. The molecule has 0 saturated carbocycles. The van der Waals surface area contributed by atoms with Gasteiger partial charge >= 0.3 is 0 Å². The molecule has 0 bridgehead atoms. The Labute approximate surface area is 138 Å². The van der Waals surface area contributed by atoms with Gasteiger partial charge in [0.25, 0.3) is 0 Å². The number of amides is 1. The lowest BCUT2D eigenvalue weighted by molar-refractivity contribution is -0.139. The van der Waals surface area contributed by atoms with E-state index in [1.807, 2.05) is 23.2 Å². The van der Waals surface area contributed by atoms with Gasteiger partial charge in [0, 0.05) is 64.2 Å². The first-order chi connectivity index (χ1) is 11.1. The van der Waals surface area contributed by atoms with Crippen molar-refractivity contribution in [2.45, 2.75) is 19.0 Å². The lowest BCUT2D eigenvalue weighted by Gasteiger charge is -2.41. The molecule has 0 aliphatic carbocycles. The predicted octanol–water partition coefficient (Wildman–Crippen LogP) is 0.190. The van der Waals surface area contributed by atoms with Crippen LogP contribution in [-0.4, -0.2) is 84.5 Å². The molecular formula is C17H27N5O. The standard InChI is InChI=1S/C17H27N5O/c1-14-13-22(7-6-19-14)16(15-4-3-5-18-12-15)17(23)21-10-8-20(2)9-11-21/h3-5,12,14,16,19H,6-11,13H2,1-2H3. The van der Waals surface area contributed by atoms with Gasteiger partial charge in [-0.15, -0.1) is 0 Å². The average molecular weight is 317 g/mol. The molecule has 0 aromatic carbocycles. The SMILES string of the molecule is CC1CN(C(C(=O)N2CCN(C)CC2)c2cccnc2)CCN1. The van der Waals surface area contributed by atoms with Crippen LogP contribution in [0, 0.1) is 0 Å². The number of piperazine rings is 2. The maximum atomic E-state index is 13.2. The number of carbonyl (C=O) groups excluding carboxylic acids is 1. The Balaban J connectivity index is 1.81. The zero-order chi connectivity index (χ0) is 16.2. The van der Waals surface area contributed by atoms with E-state index in [0.717, 1.165) is 51.4 Å². The normalized spacial score (nSPS) is 25.3. The van der Waals surface area contributed by atoms with Crippen LogP contribution in [0.2, 0.25) is 0 Å². The molecule has 3 rings (SSSR count). The summed E-state index contributed by atoms with van der Waals surface area (Å²) in [6, 6.07) is 4.14. The first-order valence-electron chi connectivity index (χ1n) is 8.50. The van der Waals surface area contributed by atoms with Gasteiger partial charge in [-0.2, -0.15) is 0 Å². The molecule has 126 valence electrons. The first-order valence-corrected chi connectivity index (χ1v) is 8.50. The Bertz CT molecular complexity index is 515. The number of hydrogen-bond acceptors (Lipinski definition) is 5. The predicted molar refractivity (Wildman–Crippen MR) is 90.1 cm³/mol. The van der Waals surface area contributed by atoms with Crippen molar-refractivity contribution in [2.24, 2.45) is 0 Å². The summed E-state index contributed by atoms with van der Waals surface area (Å²) < 4.78 is 0. The van der Waals surface area contributed by atoms with Crippen LogP contribution >= 0.6 is 0 Å². The number of nitrogens with zero attached hydrogens (tertiary/aromatic N) is 4. The Morgan fingerprint density at radius 3 is 2.74 bits per heavy atom. The Morgan fingerprint density at radius 2 is 2.09 bits per heavy atom. The number of hydrogen-bond donors (Lipinski definition) is 1. The number of pyridine rings is 1. The molecule has 6 nitrogen and oxygen atoms in total. The van der Waals surface area contributed by atoms with Crippen LogP contribution in [0.3, 0.4) is 0 Å². The van der Waals surface area contributed by atoms with Gasteiger partial charge in [-0.1, -0.05) is 6.07 Å². The maximum absolute atomic E-state index is 13.2. The van der Waals surface area contributed by atoms with E-state index in [1.165, 1.54) is 0 Å². The molecule has 1 aromatic heterocycles. The van der Waals surface area contributed by atoms with E-state index in [2.05, 4.69) is 34.1 Å². The highest BCUT2D eigenvalue weighted by molar-refractivity contribution is 5.83. The molecule has 1 N–H and O–H groups in total. The van der Waals surface area contributed by atoms with Crippen LogP contribution in [-0.2, 0) is 4.79 Å². The van der Waals surface area contributed by atoms with Crippen molar-refractivity contribution in [3.63, 3.8) is 0 Å². The lowest BCUT2D eigenvalue weighted by atomic mass is 10.0. The van der Waals surface area contributed by atoms with E-state index < -0.39 is 0 Å². The van der Waals surface area contributed by atoms with E-state index in [9.17, 15) is 4.79 Å². The third-order valence-electron chi connectivity index (χ3n) is 4.81. The highest BCUT2D eigenvalue weighted by Crippen LogP contribution is 2.24. The number of rotatable bonds is 3. The summed E-state index contributed by atoms with van der Waals surface area (Å²) in [6.45, 7) is 8.40. The van der Waals surface area contributed by atoms with E-state index in [-0.39, 0.29) is 11.9 Å². The summed E-state index contributed by atoms with van der Waals surface area (Å²) in [4.78, 5) is 24.1. The minimum Gasteiger partial charge on any atom is -0.338 e. The lowest BCUT2D eigenvalue weighted by Crippen LogP contribution is -2.55. The van der Waals surface area contributed by atoms with Crippen LogP contribution in [0.1, 0.15) is 18.5 Å². The van der Waals surface area contributed by atoms with E-state index in [0.29, 0.717) is 6.04 Å². The molecule has 2 aliphatic rings. The zero-order valence-electron chi connectivity index (χ0n) is 14.1. The molecule has 2 atom stereocenters. The highest BCUT2D eigenvalue weighted by Gasteiger charge is 2.34. The van der Waals surface area contributed by atoms with Crippen molar-refractivity contribution in [1.29, 1.82) is 0 Å². The molecule has 2 fully saturated rings. The monoisotopic (exact) mass is 317 g/mol. The Kier molecular flexibility index (Phi) is 5.25. The van der Waals surface area contributed by atoms with Crippen LogP contribution in [0.4, 0.5) is 0 Å². The summed E-state index contributed by atoms with van der Waals surface area (Å²) in [6.07, 6.45) is 3.60. The van der Waals surface area contributed by atoms with Gasteiger partial charge in [-0.05, 0) is 25.6 Å². The number of carbonyl (C=O) groups is 1. The molecule has 2 saturated heterocycles. The minimum atomic E-state index is -0.211. The van der Waals surface area contributed by atoms with Gasteiger partial charge in [-0.25, -0.2) is 0 Å². The fourth-order valence-corrected chi connectivity index (χ4v) is 3.44. The second-order valence-corrected chi connectivity index (χ2v) is 6.67. The molecule has 3 heterocycles. The van der Waals surface area contributed by atoms with Crippen molar-refractivity contribution >= 4 is 5.91 Å². The molecule has 1 amide bonds. The van der Waals surface area contributed by atoms with Gasteiger partial charge in [0.15, 0.2) is 0 Å². The molecule has 0 radical (unpaired) electrons. The summed E-state index contributed by atoms with van der Waals surface area (Å²) in [5.41, 5.74) is 1.01. The van der Waals surface area contributed by atoms with Gasteiger partial charge in [-0.3, -0.25) is 14.7 Å². The number of nitrogens with one attached hydrogen (secondary N) is 1. The second-order valence-electron chi connectivity index (χ2n) is 6.67. The second kappa shape index (κ2) is 7.38. The fourth-order valence-electron chi connectivity index (χ4n) is 3.44. The van der Waals surface area contributed by atoms with Crippen LogP contribution in [0.15, 0.2) is 24.5 Å². The molecular weight excluding hydrogens is 290 g/mol. The Hall–Kier alpha value is -1.50. The number of aromatic nitrogens is 1. The molecule has 2 aliphatic heterocycles. The van der Waals surface area contributed by atoms with Crippen molar-refractivity contribution in [2.75, 3.05) is 52.9 Å². The molecule has 1 aromatic rings. The van der Waals surface area contributed by atoms with E-state index in [1.54, 1.807) is 6.20 Å². The molecule has 2 unspecified atom stereocenters. The van der Waals surface area contributed by atoms with Crippen LogP contribution in [0.5, 0.6) is 0 Å². The summed E-state index contributed by atoms with van der Waals surface area (Å²) in [7, 11) is 2.11. The third kappa shape index (κ3) is 3.88. The van der Waals surface area contributed by atoms with Crippen molar-refractivity contribution < 1.29 is 4.79 Å². The summed E-state index contributed by atoms with van der Waals surface area (Å²) in [5, 5.41) is 3.45. The maximum Gasteiger partial charge on any atom is 0.244 e. The minimum absolute atomic E-state index is 0.211. The smallest absolute Gasteiger partial charge is 0.244 e.